The van der Waals surface area contributed by atoms with Gasteiger partial charge in [-0.15, -0.1) is 24.8 Å². The number of hydrogen-bond donors (Lipinski definition) is 0. The van der Waals surface area contributed by atoms with E-state index in [9.17, 15) is 9.59 Å². The van der Waals surface area contributed by atoms with Crippen molar-refractivity contribution < 1.29 is 9.59 Å². The van der Waals surface area contributed by atoms with Crippen molar-refractivity contribution in [1.29, 1.82) is 0 Å². The summed E-state index contributed by atoms with van der Waals surface area (Å²) < 4.78 is 2.28. The summed E-state index contributed by atoms with van der Waals surface area (Å²) in [5.41, 5.74) is 3.80. The van der Waals surface area contributed by atoms with E-state index in [0.717, 1.165) is 65.7 Å². The van der Waals surface area contributed by atoms with Crippen molar-refractivity contribution in [3.63, 3.8) is 0 Å². The monoisotopic (exact) mass is 517 g/mol. The fraction of sp³-hybridized carbons (Fsp3) is 0.500. The van der Waals surface area contributed by atoms with Crippen molar-refractivity contribution in [2.75, 3.05) is 39.3 Å². The molecule has 2 fully saturated rings. The number of benzene rings is 2. The fourth-order valence-corrected chi connectivity index (χ4v) is 5.62. The Balaban J connectivity index is 0.00000171. The van der Waals surface area contributed by atoms with Crippen LogP contribution in [0.2, 0.25) is 0 Å². The van der Waals surface area contributed by atoms with Gasteiger partial charge in [-0.2, -0.15) is 0 Å². The van der Waals surface area contributed by atoms with Gasteiger partial charge in [-0.1, -0.05) is 12.8 Å². The first-order valence-corrected chi connectivity index (χ1v) is 12.7. The Kier molecular flexibility index (Phi) is 9.77. The SMILES string of the molecule is CCn1c2ccc(C(=O)CN3CCCCC3)cc2c2cc(C(=O)CN3CCCCC3)ccc21.Cl.Cl. The third-order valence-electron chi connectivity index (χ3n) is 7.46. The number of ketones is 2. The molecule has 7 heteroatoms. The molecule has 0 unspecified atom stereocenters. The maximum atomic E-state index is 13.1. The average Bonchev–Trinajstić information content (AvgIpc) is 3.17. The molecule has 190 valence electrons. The van der Waals surface area contributed by atoms with Crippen LogP contribution in [0.3, 0.4) is 0 Å². The summed E-state index contributed by atoms with van der Waals surface area (Å²) >= 11 is 0. The summed E-state index contributed by atoms with van der Waals surface area (Å²) in [5.74, 6) is 0.377. The van der Waals surface area contributed by atoms with E-state index in [1.165, 1.54) is 38.5 Å². The summed E-state index contributed by atoms with van der Waals surface area (Å²) in [6.45, 7) is 8.06. The lowest BCUT2D eigenvalue weighted by atomic mass is 10.0. The molecule has 3 heterocycles. The van der Waals surface area contributed by atoms with Gasteiger partial charge in [0.15, 0.2) is 11.6 Å². The number of hydrogen-bond acceptors (Lipinski definition) is 4. The maximum Gasteiger partial charge on any atom is 0.176 e. The van der Waals surface area contributed by atoms with Crippen molar-refractivity contribution in [2.45, 2.75) is 52.0 Å². The zero-order chi connectivity index (χ0) is 22.8. The number of halogens is 2. The quantitative estimate of drug-likeness (QED) is 0.360. The van der Waals surface area contributed by atoms with Crippen LogP contribution in [-0.4, -0.2) is 65.2 Å². The maximum absolute atomic E-state index is 13.1. The molecule has 2 saturated heterocycles. The lowest BCUT2D eigenvalue weighted by Gasteiger charge is -2.25. The van der Waals surface area contributed by atoms with Crippen LogP contribution in [0.15, 0.2) is 36.4 Å². The second kappa shape index (κ2) is 12.4. The van der Waals surface area contributed by atoms with Crippen molar-refractivity contribution in [3.8, 4) is 0 Å². The van der Waals surface area contributed by atoms with Gasteiger partial charge < -0.3 is 4.57 Å². The Labute approximate surface area is 220 Å². The molecule has 0 saturated carbocycles. The van der Waals surface area contributed by atoms with Crippen LogP contribution in [0, 0.1) is 0 Å². The molecule has 2 aliphatic heterocycles. The third-order valence-corrected chi connectivity index (χ3v) is 7.46. The zero-order valence-electron chi connectivity index (χ0n) is 20.6. The van der Waals surface area contributed by atoms with E-state index in [1.54, 1.807) is 0 Å². The highest BCUT2D eigenvalue weighted by Crippen LogP contribution is 2.31. The van der Waals surface area contributed by atoms with Gasteiger partial charge >= 0.3 is 0 Å². The second-order valence-electron chi connectivity index (χ2n) is 9.73. The first-order chi connectivity index (χ1) is 16.1. The number of carbonyl (C=O) groups is 2. The Morgan fingerprint density at radius 2 is 1.06 bits per heavy atom. The van der Waals surface area contributed by atoms with Gasteiger partial charge in [-0.05, 0) is 95.2 Å². The lowest BCUT2D eigenvalue weighted by Crippen LogP contribution is -2.34. The summed E-state index contributed by atoms with van der Waals surface area (Å²) in [5, 5.41) is 2.15. The fourth-order valence-electron chi connectivity index (χ4n) is 5.62. The smallest absolute Gasteiger partial charge is 0.176 e. The Morgan fingerprint density at radius 1 is 0.657 bits per heavy atom. The molecule has 2 aliphatic rings. The van der Waals surface area contributed by atoms with Crippen molar-refractivity contribution in [2.24, 2.45) is 0 Å². The highest BCUT2D eigenvalue weighted by atomic mass is 35.5. The topological polar surface area (TPSA) is 45.6 Å². The van der Waals surface area contributed by atoms with Crippen LogP contribution >= 0.6 is 24.8 Å². The summed E-state index contributed by atoms with van der Waals surface area (Å²) in [4.78, 5) is 30.7. The molecule has 0 aliphatic carbocycles. The number of piperidine rings is 2. The molecule has 5 rings (SSSR count). The third kappa shape index (κ3) is 5.91. The van der Waals surface area contributed by atoms with E-state index in [-0.39, 0.29) is 36.4 Å². The van der Waals surface area contributed by atoms with E-state index < -0.39 is 0 Å². The molecular weight excluding hydrogens is 481 g/mol. The molecule has 1 aromatic heterocycles. The molecule has 2 aromatic carbocycles. The molecule has 0 spiro atoms. The Morgan fingerprint density at radius 3 is 1.43 bits per heavy atom. The van der Waals surface area contributed by atoms with Gasteiger partial charge in [0.2, 0.25) is 0 Å². The number of rotatable bonds is 7. The minimum absolute atomic E-state index is 0. The number of fused-ring (bicyclic) bond motifs is 3. The number of likely N-dealkylation sites (tertiary alicyclic amines) is 2. The molecule has 5 nitrogen and oxygen atoms in total. The Hall–Kier alpha value is -1.92. The average molecular weight is 519 g/mol. The van der Waals surface area contributed by atoms with Crippen molar-refractivity contribution in [3.05, 3.63) is 47.5 Å². The number of aromatic nitrogens is 1. The zero-order valence-corrected chi connectivity index (χ0v) is 22.3. The summed E-state index contributed by atoms with van der Waals surface area (Å²) in [6, 6.07) is 12.2. The highest BCUT2D eigenvalue weighted by molar-refractivity contribution is 6.13. The lowest BCUT2D eigenvalue weighted by molar-refractivity contribution is 0.0908. The van der Waals surface area contributed by atoms with Gasteiger partial charge in [0.05, 0.1) is 13.1 Å². The summed E-state index contributed by atoms with van der Waals surface area (Å²) in [6.07, 6.45) is 7.28. The minimum Gasteiger partial charge on any atom is -0.341 e. The molecule has 0 N–H and O–H groups in total. The van der Waals surface area contributed by atoms with E-state index >= 15 is 0 Å². The van der Waals surface area contributed by atoms with Crippen LogP contribution in [0.4, 0.5) is 0 Å². The number of Topliss-reactive ketones (excluding diaryl/α,β-unsaturated/α-hetero) is 2. The van der Waals surface area contributed by atoms with Crippen LogP contribution in [-0.2, 0) is 6.54 Å². The van der Waals surface area contributed by atoms with Crippen molar-refractivity contribution in [1.82, 2.24) is 14.4 Å². The molecular formula is C28H37Cl2N3O2. The van der Waals surface area contributed by atoms with Crippen LogP contribution < -0.4 is 0 Å². The number of aryl methyl sites for hydroxylation is 1. The first kappa shape index (κ1) is 27.7. The molecule has 0 atom stereocenters. The van der Waals surface area contributed by atoms with Gasteiger partial charge in [0.25, 0.3) is 0 Å². The van der Waals surface area contributed by atoms with Gasteiger partial charge in [0.1, 0.15) is 0 Å². The first-order valence-electron chi connectivity index (χ1n) is 12.7. The second-order valence-corrected chi connectivity index (χ2v) is 9.73. The number of nitrogens with zero attached hydrogens (tertiary/aromatic N) is 3. The summed E-state index contributed by atoms with van der Waals surface area (Å²) in [7, 11) is 0. The highest BCUT2D eigenvalue weighted by Gasteiger charge is 2.19. The van der Waals surface area contributed by atoms with Gasteiger partial charge in [-0.25, -0.2) is 0 Å². The molecule has 3 aromatic rings. The predicted molar refractivity (Wildman–Crippen MR) is 149 cm³/mol. The van der Waals surface area contributed by atoms with E-state index in [0.29, 0.717) is 13.1 Å². The van der Waals surface area contributed by atoms with E-state index in [1.807, 2.05) is 12.1 Å². The van der Waals surface area contributed by atoms with Crippen LogP contribution in [0.25, 0.3) is 21.8 Å². The molecule has 35 heavy (non-hydrogen) atoms. The van der Waals surface area contributed by atoms with E-state index in [2.05, 4.69) is 45.6 Å². The van der Waals surface area contributed by atoms with Crippen LogP contribution in [0.5, 0.6) is 0 Å². The molecule has 0 amide bonds. The minimum atomic E-state index is 0. The normalized spacial score (nSPS) is 17.2. The van der Waals surface area contributed by atoms with E-state index in [4.69, 9.17) is 0 Å². The van der Waals surface area contributed by atoms with Crippen molar-refractivity contribution >= 4 is 58.2 Å². The number of carbonyl (C=O) groups excluding carboxylic acids is 2. The van der Waals surface area contributed by atoms with Gasteiger partial charge in [-0.3, -0.25) is 19.4 Å². The molecule has 0 radical (unpaired) electrons. The van der Waals surface area contributed by atoms with Crippen LogP contribution in [0.1, 0.15) is 66.2 Å². The Bertz CT molecular complexity index is 1090. The van der Waals surface area contributed by atoms with Gasteiger partial charge in [0, 0.05) is 39.5 Å². The molecule has 0 bridgehead atoms. The standard InChI is InChI=1S/C28H35N3O2.2ClH/c1-2-31-25-11-9-21(27(32)19-29-13-5-3-6-14-29)17-23(25)24-18-22(10-12-26(24)31)28(33)20-30-15-7-4-8-16-30;;/h9-12,17-18H,2-8,13-16,19-20H2,1H3;2*1H. The largest absolute Gasteiger partial charge is 0.341 e. The predicted octanol–water partition coefficient (Wildman–Crippen LogP) is 6.00.